The zero-order valence-electron chi connectivity index (χ0n) is 22.2. The molecule has 1 aliphatic rings. The number of nitrogens with zero attached hydrogens (tertiary/aromatic N) is 4. The molecular weight excluding hydrogens is 522 g/mol. The fraction of sp³-hybridized carbons (Fsp3) is 0.321. The minimum absolute atomic E-state index is 0.0825. The molecule has 2 amide bonds. The molecule has 0 saturated heterocycles. The first-order valence-electron chi connectivity index (χ1n) is 12.8. The zero-order valence-corrected chi connectivity index (χ0v) is 22.2. The predicted molar refractivity (Wildman–Crippen MR) is 142 cm³/mol. The third kappa shape index (κ3) is 5.85. The summed E-state index contributed by atoms with van der Waals surface area (Å²) in [6.07, 6.45) is 5.09. The summed E-state index contributed by atoms with van der Waals surface area (Å²) in [6, 6.07) is 7.40. The van der Waals surface area contributed by atoms with Crippen LogP contribution < -0.4 is 20.1 Å². The van der Waals surface area contributed by atoms with Crippen molar-refractivity contribution in [2.75, 3.05) is 19.0 Å². The number of hydrogen-bond donors (Lipinski definition) is 2. The van der Waals surface area contributed by atoms with E-state index in [-0.39, 0.29) is 35.6 Å². The Morgan fingerprint density at radius 2 is 1.98 bits per heavy atom. The van der Waals surface area contributed by atoms with Crippen LogP contribution in [0.15, 0.2) is 42.7 Å². The molecule has 5 rings (SSSR count). The molecule has 40 heavy (non-hydrogen) atoms. The van der Waals surface area contributed by atoms with Crippen LogP contribution in [-0.2, 0) is 11.3 Å². The highest BCUT2D eigenvalue weighted by molar-refractivity contribution is 5.97. The normalized spacial score (nSPS) is 12.9. The Kier molecular flexibility index (Phi) is 7.58. The van der Waals surface area contributed by atoms with E-state index in [4.69, 9.17) is 9.47 Å². The molecular formula is C28H28F2N6O4. The van der Waals surface area contributed by atoms with Gasteiger partial charge in [-0.2, -0.15) is 9.49 Å². The Morgan fingerprint density at radius 1 is 1.18 bits per heavy atom. The first-order valence-corrected chi connectivity index (χ1v) is 12.8. The number of fused-ring (bicyclic) bond motifs is 1. The van der Waals surface area contributed by atoms with Gasteiger partial charge in [-0.05, 0) is 43.0 Å². The Morgan fingerprint density at radius 3 is 2.70 bits per heavy atom. The van der Waals surface area contributed by atoms with Crippen LogP contribution in [0.2, 0.25) is 0 Å². The minimum atomic E-state index is -1.08. The summed E-state index contributed by atoms with van der Waals surface area (Å²) in [5.41, 5.74) is 1.97. The van der Waals surface area contributed by atoms with Crippen molar-refractivity contribution in [3.8, 4) is 22.9 Å². The third-order valence-corrected chi connectivity index (χ3v) is 6.41. The number of anilines is 1. The highest BCUT2D eigenvalue weighted by Gasteiger charge is 2.25. The van der Waals surface area contributed by atoms with Crippen LogP contribution in [0.25, 0.3) is 16.9 Å². The maximum Gasteiger partial charge on any atom is 0.257 e. The Labute approximate surface area is 228 Å². The molecule has 3 aromatic heterocycles. The number of hydrogen-bond acceptors (Lipinski definition) is 7. The van der Waals surface area contributed by atoms with Crippen LogP contribution in [0.3, 0.4) is 0 Å². The van der Waals surface area contributed by atoms with Crippen molar-refractivity contribution in [2.45, 2.75) is 33.2 Å². The maximum absolute atomic E-state index is 14.5. The lowest BCUT2D eigenvalue weighted by Gasteiger charge is -2.14. The molecule has 1 aromatic carbocycles. The first kappa shape index (κ1) is 27.0. The number of nitrogens with one attached hydrogen (secondary N) is 2. The predicted octanol–water partition coefficient (Wildman–Crippen LogP) is 4.39. The minimum Gasteiger partial charge on any atom is -0.490 e. The molecule has 3 heterocycles. The first-order chi connectivity index (χ1) is 19.2. The smallest absolute Gasteiger partial charge is 0.257 e. The second-order valence-electron chi connectivity index (χ2n) is 9.86. The maximum atomic E-state index is 14.5. The molecule has 1 saturated carbocycles. The summed E-state index contributed by atoms with van der Waals surface area (Å²) in [5, 5.41) is 9.99. The fourth-order valence-electron chi connectivity index (χ4n) is 3.91. The van der Waals surface area contributed by atoms with Crippen molar-refractivity contribution < 1.29 is 27.8 Å². The second kappa shape index (κ2) is 11.2. The largest absolute Gasteiger partial charge is 0.490 e. The van der Waals surface area contributed by atoms with E-state index in [1.807, 2.05) is 0 Å². The van der Waals surface area contributed by atoms with E-state index in [2.05, 4.69) is 25.7 Å². The van der Waals surface area contributed by atoms with Gasteiger partial charge < -0.3 is 20.1 Å². The van der Waals surface area contributed by atoms with Gasteiger partial charge in [-0.15, -0.1) is 0 Å². The lowest BCUT2D eigenvalue weighted by Crippen LogP contribution is -2.24. The highest BCUT2D eigenvalue weighted by atomic mass is 19.2. The molecule has 0 spiro atoms. The summed E-state index contributed by atoms with van der Waals surface area (Å²) < 4.78 is 40.7. The molecule has 1 fully saturated rings. The molecule has 12 heteroatoms. The standard InChI is InChI=1S/C28H28F2N6O4/c1-15(2)26(37)34-22-13-36-23(33-22)9-8-21(35-36)18-10-19(28(39-3)32-12-18)27(38)31-11-17-6-7-20(29)24(30)25(17)40-14-16-4-5-16/h6-10,12-13,15-16H,4-5,11,14H2,1-3H3,(H,31,38)(H,34,37). The molecule has 208 valence electrons. The van der Waals surface area contributed by atoms with Crippen molar-refractivity contribution in [1.29, 1.82) is 0 Å². The molecule has 10 nitrogen and oxygen atoms in total. The van der Waals surface area contributed by atoms with Crippen molar-refractivity contribution in [1.82, 2.24) is 24.9 Å². The summed E-state index contributed by atoms with van der Waals surface area (Å²) in [7, 11) is 1.39. The second-order valence-corrected chi connectivity index (χ2v) is 9.86. The van der Waals surface area contributed by atoms with Crippen LogP contribution in [0, 0.1) is 23.5 Å². The summed E-state index contributed by atoms with van der Waals surface area (Å²) in [5.74, 6) is -2.41. The number of imidazole rings is 1. The van der Waals surface area contributed by atoms with Crippen LogP contribution in [0.5, 0.6) is 11.6 Å². The van der Waals surface area contributed by atoms with Gasteiger partial charge in [0, 0.05) is 29.8 Å². The third-order valence-electron chi connectivity index (χ3n) is 6.41. The number of carbonyl (C=O) groups is 2. The van der Waals surface area contributed by atoms with E-state index in [1.165, 1.54) is 23.9 Å². The van der Waals surface area contributed by atoms with E-state index >= 15 is 0 Å². The Hall–Kier alpha value is -4.61. The average molecular weight is 551 g/mol. The van der Waals surface area contributed by atoms with Crippen LogP contribution in [0.4, 0.5) is 14.6 Å². The Balaban J connectivity index is 1.36. The van der Waals surface area contributed by atoms with Gasteiger partial charge in [0.1, 0.15) is 5.56 Å². The zero-order chi connectivity index (χ0) is 28.4. The van der Waals surface area contributed by atoms with Crippen LogP contribution in [-0.4, -0.2) is 45.1 Å². The van der Waals surface area contributed by atoms with Crippen molar-refractivity contribution in [3.05, 3.63) is 65.5 Å². The van der Waals surface area contributed by atoms with E-state index in [9.17, 15) is 18.4 Å². The Bertz CT molecular complexity index is 1580. The monoisotopic (exact) mass is 550 g/mol. The lowest BCUT2D eigenvalue weighted by atomic mass is 10.1. The highest BCUT2D eigenvalue weighted by Crippen LogP contribution is 2.32. The van der Waals surface area contributed by atoms with Crippen LogP contribution >= 0.6 is 0 Å². The van der Waals surface area contributed by atoms with Gasteiger partial charge in [0.15, 0.2) is 23.0 Å². The molecule has 0 unspecified atom stereocenters. The molecule has 4 aromatic rings. The molecule has 0 bridgehead atoms. The topological polar surface area (TPSA) is 120 Å². The van der Waals surface area contributed by atoms with Gasteiger partial charge in [-0.1, -0.05) is 19.9 Å². The number of carbonyl (C=O) groups excluding carboxylic acids is 2. The lowest BCUT2D eigenvalue weighted by molar-refractivity contribution is -0.118. The molecule has 0 atom stereocenters. The number of benzene rings is 1. The van der Waals surface area contributed by atoms with E-state index in [0.717, 1.165) is 18.9 Å². The van der Waals surface area contributed by atoms with Gasteiger partial charge in [0.2, 0.25) is 17.6 Å². The quantitative estimate of drug-likeness (QED) is 0.301. The number of pyridine rings is 1. The van der Waals surface area contributed by atoms with Crippen molar-refractivity contribution >= 4 is 23.3 Å². The summed E-state index contributed by atoms with van der Waals surface area (Å²) in [6.45, 7) is 3.76. The number of aromatic nitrogens is 4. The van der Waals surface area contributed by atoms with Gasteiger partial charge >= 0.3 is 0 Å². The van der Waals surface area contributed by atoms with E-state index < -0.39 is 17.5 Å². The van der Waals surface area contributed by atoms with Gasteiger partial charge in [-0.3, -0.25) is 9.59 Å². The van der Waals surface area contributed by atoms with Crippen molar-refractivity contribution in [2.24, 2.45) is 11.8 Å². The SMILES string of the molecule is COc1ncc(-c2ccc3nc(NC(=O)C(C)C)cn3n2)cc1C(=O)NCc1ccc(F)c(F)c1OCC1CC1. The number of methoxy groups -OCH3 is 1. The van der Waals surface area contributed by atoms with Gasteiger partial charge in [0.25, 0.3) is 5.91 Å². The fourth-order valence-corrected chi connectivity index (χ4v) is 3.91. The summed E-state index contributed by atoms with van der Waals surface area (Å²) in [4.78, 5) is 33.8. The van der Waals surface area contributed by atoms with Crippen molar-refractivity contribution in [3.63, 3.8) is 0 Å². The number of halogens is 2. The number of rotatable bonds is 10. The van der Waals surface area contributed by atoms with Gasteiger partial charge in [-0.25, -0.2) is 18.9 Å². The van der Waals surface area contributed by atoms with E-state index in [0.29, 0.717) is 40.8 Å². The number of ether oxygens (including phenoxy) is 2. The van der Waals surface area contributed by atoms with Crippen LogP contribution in [0.1, 0.15) is 42.6 Å². The molecule has 0 aliphatic heterocycles. The molecule has 0 radical (unpaired) electrons. The van der Waals surface area contributed by atoms with Gasteiger partial charge in [0.05, 0.1) is 25.6 Å². The van der Waals surface area contributed by atoms with E-state index in [1.54, 1.807) is 38.2 Å². The molecule has 1 aliphatic carbocycles. The molecule has 2 N–H and O–H groups in total. The number of amides is 2. The summed E-state index contributed by atoms with van der Waals surface area (Å²) >= 11 is 0. The average Bonchev–Trinajstić information content (AvgIpc) is 3.69.